The summed E-state index contributed by atoms with van der Waals surface area (Å²) in [7, 11) is 0. The Kier molecular flexibility index (Phi) is 4.45. The van der Waals surface area contributed by atoms with Gasteiger partial charge in [-0.1, -0.05) is 39.7 Å². The van der Waals surface area contributed by atoms with Crippen molar-refractivity contribution >= 4 is 33.2 Å². The highest BCUT2D eigenvalue weighted by Crippen LogP contribution is 2.26. The highest BCUT2D eigenvalue weighted by Gasteiger charge is 2.11. The van der Waals surface area contributed by atoms with Crippen LogP contribution in [0.1, 0.15) is 11.5 Å². The molecule has 3 aromatic rings. The number of hydrogen-bond donors (Lipinski definition) is 1. The average Bonchev–Trinajstić information content (AvgIpc) is 2.98. The van der Waals surface area contributed by atoms with E-state index in [1.54, 1.807) is 6.07 Å². The fraction of sp³-hybridized carbons (Fsp3) is 0.125. The molecule has 1 N–H and O–H groups in total. The summed E-state index contributed by atoms with van der Waals surface area (Å²) < 4.78 is 6.73. The van der Waals surface area contributed by atoms with Crippen LogP contribution in [-0.4, -0.2) is 10.2 Å². The molecule has 0 unspecified atom stereocenters. The summed E-state index contributed by atoms with van der Waals surface area (Å²) in [5.74, 6) is 0.935. The molecular weight excluding hydrogens is 366 g/mol. The third-order valence-corrected chi connectivity index (χ3v) is 4.39. The summed E-state index contributed by atoms with van der Waals surface area (Å²) in [4.78, 5) is 0. The molecule has 0 aliphatic rings. The lowest BCUT2D eigenvalue weighted by Crippen LogP contribution is -1.99. The van der Waals surface area contributed by atoms with Gasteiger partial charge in [0.2, 0.25) is 11.8 Å². The maximum atomic E-state index is 6.13. The van der Waals surface area contributed by atoms with Gasteiger partial charge in [-0.25, -0.2) is 0 Å². The van der Waals surface area contributed by atoms with Gasteiger partial charge < -0.3 is 9.73 Å². The summed E-state index contributed by atoms with van der Waals surface area (Å²) in [5.41, 5.74) is 2.90. The second-order valence-corrected chi connectivity index (χ2v) is 6.06. The van der Waals surface area contributed by atoms with Crippen LogP contribution in [0.15, 0.2) is 51.4 Å². The maximum absolute atomic E-state index is 6.13. The monoisotopic (exact) mass is 377 g/mol. The minimum atomic E-state index is 0.425. The molecule has 2 aromatic carbocycles. The van der Waals surface area contributed by atoms with E-state index in [4.69, 9.17) is 16.0 Å². The Hall–Kier alpha value is -1.85. The Labute approximate surface area is 141 Å². The van der Waals surface area contributed by atoms with Crippen LogP contribution in [0.5, 0.6) is 0 Å². The lowest BCUT2D eigenvalue weighted by atomic mass is 10.2. The molecule has 4 nitrogen and oxygen atoms in total. The Balaban J connectivity index is 1.72. The first-order chi connectivity index (χ1) is 10.6. The van der Waals surface area contributed by atoms with Crippen molar-refractivity contribution in [1.82, 2.24) is 10.2 Å². The Morgan fingerprint density at radius 3 is 2.77 bits per heavy atom. The molecule has 1 heterocycles. The first-order valence-corrected chi connectivity index (χ1v) is 7.88. The molecule has 0 fully saturated rings. The van der Waals surface area contributed by atoms with E-state index < -0.39 is 0 Å². The van der Waals surface area contributed by atoms with Crippen LogP contribution in [0.25, 0.3) is 11.5 Å². The molecule has 0 spiro atoms. The molecule has 0 radical (unpaired) electrons. The molecule has 1 aromatic heterocycles. The fourth-order valence-corrected chi connectivity index (χ4v) is 2.46. The second kappa shape index (κ2) is 6.50. The minimum Gasteiger partial charge on any atom is -0.419 e. The average molecular weight is 379 g/mol. The van der Waals surface area contributed by atoms with E-state index >= 15 is 0 Å². The number of benzene rings is 2. The summed E-state index contributed by atoms with van der Waals surface area (Å²) in [6.45, 7) is 2.50. The van der Waals surface area contributed by atoms with Gasteiger partial charge in [0, 0.05) is 10.2 Å². The van der Waals surface area contributed by atoms with Crippen LogP contribution in [0.4, 0.5) is 5.69 Å². The molecule has 112 valence electrons. The zero-order valence-corrected chi connectivity index (χ0v) is 14.1. The molecule has 3 rings (SSSR count). The Morgan fingerprint density at radius 2 is 2.00 bits per heavy atom. The minimum absolute atomic E-state index is 0.425. The van der Waals surface area contributed by atoms with E-state index in [0.717, 1.165) is 21.3 Å². The lowest BCUT2D eigenvalue weighted by Gasteiger charge is -2.05. The summed E-state index contributed by atoms with van der Waals surface area (Å²) in [5, 5.41) is 11.9. The molecule has 6 heteroatoms. The number of anilines is 1. The predicted octanol–water partition coefficient (Wildman–Crippen LogP) is 5.07. The van der Waals surface area contributed by atoms with Gasteiger partial charge >= 0.3 is 0 Å². The van der Waals surface area contributed by atoms with Crippen molar-refractivity contribution in [3.8, 4) is 11.5 Å². The molecule has 0 aliphatic heterocycles. The zero-order chi connectivity index (χ0) is 15.5. The van der Waals surface area contributed by atoms with Crippen LogP contribution in [0.2, 0.25) is 5.02 Å². The number of nitrogens with zero attached hydrogens (tertiary/aromatic N) is 2. The topological polar surface area (TPSA) is 51.0 Å². The van der Waals surface area contributed by atoms with Crippen molar-refractivity contribution in [3.63, 3.8) is 0 Å². The Bertz CT molecular complexity index is 804. The Morgan fingerprint density at radius 1 is 1.18 bits per heavy atom. The van der Waals surface area contributed by atoms with Gasteiger partial charge in [0.25, 0.3) is 0 Å². The van der Waals surface area contributed by atoms with E-state index in [0.29, 0.717) is 23.3 Å². The molecule has 0 atom stereocenters. The van der Waals surface area contributed by atoms with Gasteiger partial charge in [-0.2, -0.15) is 0 Å². The number of rotatable bonds is 4. The van der Waals surface area contributed by atoms with Crippen molar-refractivity contribution in [2.75, 3.05) is 5.32 Å². The number of aromatic nitrogens is 2. The number of halogens is 2. The normalized spacial score (nSPS) is 10.7. The van der Waals surface area contributed by atoms with E-state index in [9.17, 15) is 0 Å². The van der Waals surface area contributed by atoms with E-state index in [1.165, 1.54) is 0 Å². The summed E-state index contributed by atoms with van der Waals surface area (Å²) in [6.07, 6.45) is 0. The predicted molar refractivity (Wildman–Crippen MR) is 90.9 cm³/mol. The van der Waals surface area contributed by atoms with Gasteiger partial charge in [0.05, 0.1) is 17.1 Å². The smallest absolute Gasteiger partial charge is 0.249 e. The van der Waals surface area contributed by atoms with Crippen molar-refractivity contribution in [1.29, 1.82) is 0 Å². The molecule has 0 bridgehead atoms. The second-order valence-electron chi connectivity index (χ2n) is 4.80. The highest BCUT2D eigenvalue weighted by atomic mass is 79.9. The van der Waals surface area contributed by atoms with Gasteiger partial charge in [-0.15, -0.1) is 10.2 Å². The fourth-order valence-electron chi connectivity index (χ4n) is 2.00. The molecule has 22 heavy (non-hydrogen) atoms. The van der Waals surface area contributed by atoms with E-state index in [1.807, 2.05) is 37.3 Å². The lowest BCUT2D eigenvalue weighted by molar-refractivity contribution is 0.515. The van der Waals surface area contributed by atoms with Gasteiger partial charge in [0.15, 0.2) is 0 Å². The quantitative estimate of drug-likeness (QED) is 0.688. The van der Waals surface area contributed by atoms with Crippen LogP contribution < -0.4 is 5.32 Å². The standard InChI is InChI=1S/C16H13BrClN3O/c1-10-8-11(6-7-13(10)17)19-9-15-20-21-16(22-15)12-4-2-3-5-14(12)18/h2-8,19H,9H2,1H3. The van der Waals surface area contributed by atoms with Crippen LogP contribution in [-0.2, 0) is 6.54 Å². The molecule has 0 saturated heterocycles. The largest absolute Gasteiger partial charge is 0.419 e. The maximum Gasteiger partial charge on any atom is 0.249 e. The van der Waals surface area contributed by atoms with Gasteiger partial charge in [-0.3, -0.25) is 0 Å². The van der Waals surface area contributed by atoms with Crippen molar-refractivity contribution in [2.45, 2.75) is 13.5 Å². The summed E-state index contributed by atoms with van der Waals surface area (Å²) >= 11 is 9.61. The van der Waals surface area contributed by atoms with Crippen LogP contribution in [0.3, 0.4) is 0 Å². The van der Waals surface area contributed by atoms with Gasteiger partial charge in [0.1, 0.15) is 0 Å². The number of hydrogen-bond acceptors (Lipinski definition) is 4. The first kappa shape index (κ1) is 15.1. The SMILES string of the molecule is Cc1cc(NCc2nnc(-c3ccccc3Cl)o2)ccc1Br. The molecule has 0 amide bonds. The van der Waals surface area contributed by atoms with Crippen molar-refractivity contribution in [3.05, 3.63) is 63.4 Å². The van der Waals surface area contributed by atoms with Crippen molar-refractivity contribution in [2.24, 2.45) is 0 Å². The first-order valence-electron chi connectivity index (χ1n) is 6.71. The number of nitrogens with one attached hydrogen (secondary N) is 1. The van der Waals surface area contributed by atoms with E-state index in [2.05, 4.69) is 37.5 Å². The molecular formula is C16H13BrClN3O. The number of aryl methyl sites for hydroxylation is 1. The summed E-state index contributed by atoms with van der Waals surface area (Å²) in [6, 6.07) is 13.4. The van der Waals surface area contributed by atoms with Crippen LogP contribution >= 0.6 is 27.5 Å². The third-order valence-electron chi connectivity index (χ3n) is 3.17. The van der Waals surface area contributed by atoms with Crippen molar-refractivity contribution < 1.29 is 4.42 Å². The van der Waals surface area contributed by atoms with Crippen LogP contribution in [0, 0.1) is 6.92 Å². The molecule has 0 saturated carbocycles. The highest BCUT2D eigenvalue weighted by molar-refractivity contribution is 9.10. The molecule has 0 aliphatic carbocycles. The zero-order valence-electron chi connectivity index (χ0n) is 11.8. The van der Waals surface area contributed by atoms with E-state index in [-0.39, 0.29) is 0 Å². The van der Waals surface area contributed by atoms with Gasteiger partial charge in [-0.05, 0) is 42.8 Å². The third kappa shape index (κ3) is 3.31.